The molecule has 6 heteroatoms. The van der Waals surface area contributed by atoms with Crippen LogP contribution < -0.4 is 5.32 Å². The SMILES string of the molecule is COC(=O)N1CC(NC(=O)OC(C)(C)C)CC(C(C)C)C1. The van der Waals surface area contributed by atoms with Gasteiger partial charge in [-0.25, -0.2) is 9.59 Å². The minimum atomic E-state index is -0.530. The molecule has 0 aromatic rings. The standard InChI is InChI=1S/C15H28N2O4/c1-10(2)11-7-12(9-17(8-11)14(19)20-6)16-13(18)21-15(3,4)5/h10-12H,7-9H2,1-6H3,(H,16,18). The van der Waals surface area contributed by atoms with Crippen molar-refractivity contribution in [2.45, 2.75) is 52.7 Å². The van der Waals surface area contributed by atoms with Gasteiger partial charge >= 0.3 is 12.2 Å². The molecular weight excluding hydrogens is 272 g/mol. The minimum Gasteiger partial charge on any atom is -0.453 e. The number of hydrogen-bond donors (Lipinski definition) is 1. The first kappa shape index (κ1) is 17.6. The topological polar surface area (TPSA) is 67.9 Å². The first-order valence-corrected chi connectivity index (χ1v) is 7.44. The van der Waals surface area contributed by atoms with E-state index < -0.39 is 11.7 Å². The first-order chi connectivity index (χ1) is 9.62. The van der Waals surface area contributed by atoms with Crippen LogP contribution in [0.5, 0.6) is 0 Å². The quantitative estimate of drug-likeness (QED) is 0.851. The van der Waals surface area contributed by atoms with Gasteiger partial charge in [-0.3, -0.25) is 0 Å². The average Bonchev–Trinajstić information content (AvgIpc) is 2.34. The number of alkyl carbamates (subject to hydrolysis) is 1. The van der Waals surface area contributed by atoms with Crippen LogP contribution in [0.4, 0.5) is 9.59 Å². The molecule has 1 heterocycles. The van der Waals surface area contributed by atoms with Gasteiger partial charge in [0.05, 0.1) is 13.2 Å². The van der Waals surface area contributed by atoms with Crippen molar-refractivity contribution in [3.63, 3.8) is 0 Å². The van der Waals surface area contributed by atoms with Gasteiger partial charge in [-0.15, -0.1) is 0 Å². The second-order valence-corrected chi connectivity index (χ2v) is 6.96. The molecule has 2 unspecified atom stereocenters. The van der Waals surface area contributed by atoms with Gasteiger partial charge < -0.3 is 19.7 Å². The van der Waals surface area contributed by atoms with Crippen LogP contribution in [0.1, 0.15) is 41.0 Å². The van der Waals surface area contributed by atoms with Crippen LogP contribution in [0.2, 0.25) is 0 Å². The van der Waals surface area contributed by atoms with E-state index in [1.807, 2.05) is 20.8 Å². The summed E-state index contributed by atoms with van der Waals surface area (Å²) in [6.45, 7) is 10.8. The molecular formula is C15H28N2O4. The zero-order chi connectivity index (χ0) is 16.2. The van der Waals surface area contributed by atoms with E-state index in [1.54, 1.807) is 4.90 Å². The maximum atomic E-state index is 11.9. The number of rotatable bonds is 2. The van der Waals surface area contributed by atoms with E-state index in [2.05, 4.69) is 19.2 Å². The molecule has 2 atom stereocenters. The van der Waals surface area contributed by atoms with Gasteiger partial charge in [-0.2, -0.15) is 0 Å². The van der Waals surface area contributed by atoms with Crippen molar-refractivity contribution in [2.24, 2.45) is 11.8 Å². The third-order valence-electron chi connectivity index (χ3n) is 3.58. The Bertz CT molecular complexity index is 376. The lowest BCUT2D eigenvalue weighted by Gasteiger charge is -2.39. The highest BCUT2D eigenvalue weighted by atomic mass is 16.6. The predicted octanol–water partition coefficient (Wildman–Crippen LogP) is 2.62. The summed E-state index contributed by atoms with van der Waals surface area (Å²) in [5, 5.41) is 2.86. The lowest BCUT2D eigenvalue weighted by molar-refractivity contribution is 0.0414. The van der Waals surface area contributed by atoms with Crippen molar-refractivity contribution in [2.75, 3.05) is 20.2 Å². The zero-order valence-corrected chi connectivity index (χ0v) is 13.9. The number of ether oxygens (including phenoxy) is 2. The van der Waals surface area contributed by atoms with Crippen molar-refractivity contribution < 1.29 is 19.1 Å². The number of carbonyl (C=O) groups excluding carboxylic acids is 2. The van der Waals surface area contributed by atoms with E-state index >= 15 is 0 Å². The number of nitrogens with zero attached hydrogens (tertiary/aromatic N) is 1. The molecule has 0 aromatic heterocycles. The molecule has 0 bridgehead atoms. The highest BCUT2D eigenvalue weighted by Gasteiger charge is 2.33. The summed E-state index contributed by atoms with van der Waals surface area (Å²) >= 11 is 0. The summed E-state index contributed by atoms with van der Waals surface area (Å²) in [5.41, 5.74) is -0.530. The fourth-order valence-electron chi connectivity index (χ4n) is 2.48. The molecule has 1 N–H and O–H groups in total. The van der Waals surface area contributed by atoms with Gasteiger partial charge in [0.1, 0.15) is 5.60 Å². The van der Waals surface area contributed by atoms with Gasteiger partial charge in [0.2, 0.25) is 0 Å². The van der Waals surface area contributed by atoms with Crippen LogP contribution >= 0.6 is 0 Å². The van der Waals surface area contributed by atoms with E-state index in [0.717, 1.165) is 6.42 Å². The summed E-state index contributed by atoms with van der Waals surface area (Å²) in [6.07, 6.45) is 0.0442. The normalized spacial score (nSPS) is 22.9. The Balaban J connectivity index is 2.67. The number of likely N-dealkylation sites (tertiary alicyclic amines) is 1. The molecule has 1 aliphatic rings. The predicted molar refractivity (Wildman–Crippen MR) is 80.1 cm³/mol. The van der Waals surface area contributed by atoms with E-state index in [0.29, 0.717) is 24.9 Å². The molecule has 1 saturated heterocycles. The van der Waals surface area contributed by atoms with Crippen LogP contribution in [0.25, 0.3) is 0 Å². The van der Waals surface area contributed by atoms with Gasteiger partial charge in [0.15, 0.2) is 0 Å². The molecule has 0 saturated carbocycles. The maximum Gasteiger partial charge on any atom is 0.409 e. The second kappa shape index (κ2) is 7.00. The van der Waals surface area contributed by atoms with E-state index in [4.69, 9.17) is 9.47 Å². The van der Waals surface area contributed by atoms with E-state index in [9.17, 15) is 9.59 Å². The van der Waals surface area contributed by atoms with Crippen molar-refractivity contribution in [1.29, 1.82) is 0 Å². The van der Waals surface area contributed by atoms with Crippen molar-refractivity contribution >= 4 is 12.2 Å². The lowest BCUT2D eigenvalue weighted by Crippen LogP contribution is -2.54. The summed E-state index contributed by atoms with van der Waals surface area (Å²) in [6, 6.07) is -0.111. The molecule has 0 radical (unpaired) electrons. The second-order valence-electron chi connectivity index (χ2n) is 6.96. The van der Waals surface area contributed by atoms with Crippen LogP contribution in [0, 0.1) is 11.8 Å². The lowest BCUT2D eigenvalue weighted by atomic mass is 9.86. The van der Waals surface area contributed by atoms with Gasteiger partial charge in [0.25, 0.3) is 0 Å². The number of methoxy groups -OCH3 is 1. The fourth-order valence-corrected chi connectivity index (χ4v) is 2.48. The molecule has 0 spiro atoms. The smallest absolute Gasteiger partial charge is 0.409 e. The fraction of sp³-hybridized carbons (Fsp3) is 0.867. The Morgan fingerprint density at radius 1 is 1.24 bits per heavy atom. The molecule has 1 rings (SSSR count). The Morgan fingerprint density at radius 3 is 2.33 bits per heavy atom. The number of piperidine rings is 1. The Hall–Kier alpha value is -1.46. The third-order valence-corrected chi connectivity index (χ3v) is 3.58. The molecule has 6 nitrogen and oxygen atoms in total. The Labute approximate surface area is 127 Å². The highest BCUT2D eigenvalue weighted by molar-refractivity contribution is 5.69. The van der Waals surface area contributed by atoms with E-state index in [-0.39, 0.29) is 12.1 Å². The van der Waals surface area contributed by atoms with Crippen LogP contribution in [-0.2, 0) is 9.47 Å². The van der Waals surface area contributed by atoms with Crippen LogP contribution in [-0.4, -0.2) is 48.9 Å². The van der Waals surface area contributed by atoms with Gasteiger partial charge in [-0.1, -0.05) is 13.8 Å². The molecule has 0 aliphatic carbocycles. The molecule has 21 heavy (non-hydrogen) atoms. The number of nitrogens with one attached hydrogen (secondary N) is 1. The Kier molecular flexibility index (Phi) is 5.87. The van der Waals surface area contributed by atoms with Crippen molar-refractivity contribution in [3.8, 4) is 0 Å². The van der Waals surface area contributed by atoms with Crippen molar-refractivity contribution in [1.82, 2.24) is 10.2 Å². The number of amides is 2. The van der Waals surface area contributed by atoms with Gasteiger partial charge in [-0.05, 0) is 39.0 Å². The molecule has 0 aromatic carbocycles. The van der Waals surface area contributed by atoms with Crippen LogP contribution in [0.15, 0.2) is 0 Å². The minimum absolute atomic E-state index is 0.111. The third kappa shape index (κ3) is 5.81. The summed E-state index contributed by atoms with van der Waals surface area (Å²) in [4.78, 5) is 25.3. The molecule has 1 aliphatic heterocycles. The molecule has 122 valence electrons. The Morgan fingerprint density at radius 2 is 1.86 bits per heavy atom. The zero-order valence-electron chi connectivity index (χ0n) is 13.9. The molecule has 2 amide bonds. The number of hydrogen-bond acceptors (Lipinski definition) is 4. The number of carbonyl (C=O) groups is 2. The monoisotopic (exact) mass is 300 g/mol. The summed E-state index contributed by atoms with van der Waals surface area (Å²) in [5.74, 6) is 0.762. The van der Waals surface area contributed by atoms with E-state index in [1.165, 1.54) is 7.11 Å². The summed E-state index contributed by atoms with van der Waals surface area (Å²) < 4.78 is 10.1. The average molecular weight is 300 g/mol. The maximum absolute atomic E-state index is 11.9. The first-order valence-electron chi connectivity index (χ1n) is 7.44. The molecule has 1 fully saturated rings. The highest BCUT2D eigenvalue weighted by Crippen LogP contribution is 2.24. The van der Waals surface area contributed by atoms with Crippen LogP contribution in [0.3, 0.4) is 0 Å². The van der Waals surface area contributed by atoms with Crippen molar-refractivity contribution in [3.05, 3.63) is 0 Å². The summed E-state index contributed by atoms with van der Waals surface area (Å²) in [7, 11) is 1.37. The largest absolute Gasteiger partial charge is 0.453 e. The van der Waals surface area contributed by atoms with Gasteiger partial charge in [0, 0.05) is 13.1 Å².